The van der Waals surface area contributed by atoms with Gasteiger partial charge in [0.15, 0.2) is 6.29 Å². The van der Waals surface area contributed by atoms with Crippen LogP contribution in [-0.2, 0) is 0 Å². The van der Waals surface area contributed by atoms with Crippen molar-refractivity contribution < 1.29 is 4.79 Å². The van der Waals surface area contributed by atoms with Gasteiger partial charge in [-0.25, -0.2) is 0 Å². The van der Waals surface area contributed by atoms with Crippen molar-refractivity contribution in [1.82, 2.24) is 0 Å². The molecule has 1 aliphatic heterocycles. The van der Waals surface area contributed by atoms with E-state index in [0.717, 1.165) is 35.1 Å². The molecule has 0 bridgehead atoms. The van der Waals surface area contributed by atoms with Crippen LogP contribution in [0.1, 0.15) is 30.1 Å². The molecule has 1 heterocycles. The van der Waals surface area contributed by atoms with Crippen LogP contribution in [-0.4, -0.2) is 19.4 Å². The summed E-state index contributed by atoms with van der Waals surface area (Å²) in [5.41, 5.74) is 1.85. The molecule has 0 radical (unpaired) electrons. The van der Waals surface area contributed by atoms with E-state index in [2.05, 4.69) is 27.8 Å². The van der Waals surface area contributed by atoms with Gasteiger partial charge in [-0.2, -0.15) is 0 Å². The minimum atomic E-state index is 0.715. The molecular formula is C13H16BrNO. The fraction of sp³-hybridized carbons (Fsp3) is 0.462. The first-order valence-electron chi connectivity index (χ1n) is 5.70. The van der Waals surface area contributed by atoms with Gasteiger partial charge in [-0.05, 0) is 37.0 Å². The molecule has 16 heavy (non-hydrogen) atoms. The zero-order chi connectivity index (χ0) is 11.5. The molecule has 0 amide bonds. The van der Waals surface area contributed by atoms with Crippen LogP contribution in [0, 0.1) is 5.92 Å². The fourth-order valence-corrected chi connectivity index (χ4v) is 2.65. The zero-order valence-corrected chi connectivity index (χ0v) is 11.0. The van der Waals surface area contributed by atoms with Crippen molar-refractivity contribution in [1.29, 1.82) is 0 Å². The fourth-order valence-electron chi connectivity index (χ4n) is 2.30. The second-order valence-corrected chi connectivity index (χ2v) is 5.43. The van der Waals surface area contributed by atoms with Crippen LogP contribution in [0.15, 0.2) is 22.7 Å². The lowest BCUT2D eigenvalue weighted by Crippen LogP contribution is -2.34. The largest absolute Gasteiger partial charge is 0.371 e. The number of aldehydes is 1. The lowest BCUT2D eigenvalue weighted by Gasteiger charge is -2.33. The summed E-state index contributed by atoms with van der Waals surface area (Å²) in [5, 5.41) is 0. The smallest absolute Gasteiger partial charge is 0.152 e. The second-order valence-electron chi connectivity index (χ2n) is 4.51. The average Bonchev–Trinajstić information content (AvgIpc) is 2.29. The average molecular weight is 282 g/mol. The van der Waals surface area contributed by atoms with Crippen LogP contribution in [0.3, 0.4) is 0 Å². The van der Waals surface area contributed by atoms with E-state index in [1.807, 2.05) is 18.2 Å². The maximum Gasteiger partial charge on any atom is 0.152 e. The van der Waals surface area contributed by atoms with E-state index < -0.39 is 0 Å². The van der Waals surface area contributed by atoms with Gasteiger partial charge in [-0.15, -0.1) is 0 Å². The number of rotatable bonds is 2. The topological polar surface area (TPSA) is 20.3 Å². The second kappa shape index (κ2) is 5.00. The molecule has 2 rings (SSSR count). The van der Waals surface area contributed by atoms with Crippen molar-refractivity contribution >= 4 is 27.9 Å². The summed E-state index contributed by atoms with van der Waals surface area (Å²) in [6.07, 6.45) is 3.45. The first-order valence-corrected chi connectivity index (χ1v) is 6.49. The van der Waals surface area contributed by atoms with Crippen LogP contribution < -0.4 is 4.90 Å². The minimum Gasteiger partial charge on any atom is -0.371 e. The van der Waals surface area contributed by atoms with Crippen LogP contribution >= 0.6 is 15.9 Å². The number of piperidine rings is 1. The summed E-state index contributed by atoms with van der Waals surface area (Å²) < 4.78 is 1.03. The Balaban J connectivity index is 2.30. The normalized spacial score (nSPS) is 20.9. The predicted octanol–water partition coefficient (Wildman–Crippen LogP) is 3.50. The van der Waals surface area contributed by atoms with E-state index in [4.69, 9.17) is 0 Å². The summed E-state index contributed by atoms with van der Waals surface area (Å²) in [6, 6.07) is 5.84. The number of nitrogens with zero attached hydrogens (tertiary/aromatic N) is 1. The minimum absolute atomic E-state index is 0.715. The van der Waals surface area contributed by atoms with Gasteiger partial charge in [0.1, 0.15) is 0 Å². The van der Waals surface area contributed by atoms with Crippen LogP contribution in [0.2, 0.25) is 0 Å². The molecule has 1 aromatic carbocycles. The monoisotopic (exact) mass is 281 g/mol. The third kappa shape index (κ3) is 2.46. The Kier molecular flexibility index (Phi) is 3.64. The number of benzene rings is 1. The van der Waals surface area contributed by atoms with Crippen molar-refractivity contribution in [3.8, 4) is 0 Å². The molecule has 0 spiro atoms. The van der Waals surface area contributed by atoms with Gasteiger partial charge in [0.2, 0.25) is 0 Å². The molecule has 0 N–H and O–H groups in total. The van der Waals surface area contributed by atoms with Gasteiger partial charge in [0.05, 0.1) is 0 Å². The molecule has 0 aromatic heterocycles. The quantitative estimate of drug-likeness (QED) is 0.774. The van der Waals surface area contributed by atoms with E-state index in [9.17, 15) is 4.79 Å². The molecular weight excluding hydrogens is 266 g/mol. The molecule has 86 valence electrons. The molecule has 1 unspecified atom stereocenters. The van der Waals surface area contributed by atoms with Gasteiger partial charge in [0, 0.05) is 28.8 Å². The first kappa shape index (κ1) is 11.6. The van der Waals surface area contributed by atoms with E-state index in [1.165, 1.54) is 12.8 Å². The van der Waals surface area contributed by atoms with Gasteiger partial charge in [0.25, 0.3) is 0 Å². The zero-order valence-electron chi connectivity index (χ0n) is 9.45. The van der Waals surface area contributed by atoms with E-state index >= 15 is 0 Å². The maximum absolute atomic E-state index is 11.0. The van der Waals surface area contributed by atoms with Crippen LogP contribution in [0.25, 0.3) is 0 Å². The molecule has 1 aliphatic rings. The Morgan fingerprint density at radius 3 is 3.00 bits per heavy atom. The summed E-state index contributed by atoms with van der Waals surface area (Å²) in [7, 11) is 0. The third-order valence-corrected chi connectivity index (χ3v) is 3.61. The maximum atomic E-state index is 11.0. The predicted molar refractivity (Wildman–Crippen MR) is 70.1 cm³/mol. The number of carbonyl (C=O) groups is 1. The van der Waals surface area contributed by atoms with E-state index in [1.54, 1.807) is 0 Å². The highest BCUT2D eigenvalue weighted by Crippen LogP contribution is 2.28. The molecule has 1 atom stereocenters. The molecule has 2 nitrogen and oxygen atoms in total. The Morgan fingerprint density at radius 1 is 1.50 bits per heavy atom. The molecule has 0 aliphatic carbocycles. The van der Waals surface area contributed by atoms with Gasteiger partial charge in [-0.1, -0.05) is 22.9 Å². The molecule has 1 aromatic rings. The summed E-state index contributed by atoms with van der Waals surface area (Å²) in [5.74, 6) is 0.715. The molecule has 1 saturated heterocycles. The SMILES string of the molecule is CC1CCCN(c2cc(Br)ccc2C=O)C1. The summed E-state index contributed by atoms with van der Waals surface area (Å²) in [6.45, 7) is 4.38. The standard InChI is InChI=1S/C13H16BrNO/c1-10-3-2-6-15(8-10)13-7-12(14)5-4-11(13)9-16/h4-5,7,9-10H,2-3,6,8H2,1H3. The molecule has 3 heteroatoms. The lowest BCUT2D eigenvalue weighted by atomic mass is 9.99. The molecule has 1 fully saturated rings. The van der Waals surface area contributed by atoms with Gasteiger partial charge >= 0.3 is 0 Å². The van der Waals surface area contributed by atoms with Gasteiger partial charge < -0.3 is 4.90 Å². The highest BCUT2D eigenvalue weighted by molar-refractivity contribution is 9.10. The van der Waals surface area contributed by atoms with Gasteiger partial charge in [-0.3, -0.25) is 4.79 Å². The first-order chi connectivity index (χ1) is 7.70. The van der Waals surface area contributed by atoms with Crippen molar-refractivity contribution in [3.05, 3.63) is 28.2 Å². The van der Waals surface area contributed by atoms with Crippen molar-refractivity contribution in [2.24, 2.45) is 5.92 Å². The van der Waals surface area contributed by atoms with E-state index in [-0.39, 0.29) is 0 Å². The Morgan fingerprint density at radius 2 is 2.31 bits per heavy atom. The highest BCUT2D eigenvalue weighted by atomic mass is 79.9. The van der Waals surface area contributed by atoms with Crippen molar-refractivity contribution in [2.45, 2.75) is 19.8 Å². The van der Waals surface area contributed by atoms with Crippen molar-refractivity contribution in [3.63, 3.8) is 0 Å². The Hall–Kier alpha value is -0.830. The summed E-state index contributed by atoms with van der Waals surface area (Å²) in [4.78, 5) is 13.3. The Bertz CT molecular complexity index is 392. The third-order valence-electron chi connectivity index (χ3n) is 3.12. The number of halogens is 1. The number of anilines is 1. The van der Waals surface area contributed by atoms with Crippen molar-refractivity contribution in [2.75, 3.05) is 18.0 Å². The Labute approximate surface area is 105 Å². The number of carbonyl (C=O) groups excluding carboxylic acids is 1. The van der Waals surface area contributed by atoms with E-state index in [0.29, 0.717) is 5.92 Å². The lowest BCUT2D eigenvalue weighted by molar-refractivity contribution is 0.112. The number of hydrogen-bond donors (Lipinski definition) is 0. The number of hydrogen-bond acceptors (Lipinski definition) is 2. The van der Waals surface area contributed by atoms with Crippen LogP contribution in [0.5, 0.6) is 0 Å². The highest BCUT2D eigenvalue weighted by Gasteiger charge is 2.18. The summed E-state index contributed by atoms with van der Waals surface area (Å²) >= 11 is 3.46. The molecule has 0 saturated carbocycles. The van der Waals surface area contributed by atoms with Crippen LogP contribution in [0.4, 0.5) is 5.69 Å².